The van der Waals surface area contributed by atoms with E-state index in [0.29, 0.717) is 29.8 Å². The summed E-state index contributed by atoms with van der Waals surface area (Å²) in [7, 11) is 1.61. The molecule has 0 amide bonds. The maximum atomic E-state index is 5.46. The first kappa shape index (κ1) is 12.4. The largest absolute Gasteiger partial charge is 0.493 e. The van der Waals surface area contributed by atoms with Crippen molar-refractivity contribution in [3.63, 3.8) is 0 Å². The van der Waals surface area contributed by atoms with Crippen LogP contribution >= 0.6 is 0 Å². The molecular weight excluding hydrogens is 232 g/mol. The van der Waals surface area contributed by atoms with Crippen LogP contribution in [0.5, 0.6) is 11.5 Å². The number of hydrogen-bond acceptors (Lipinski definition) is 5. The molecule has 0 fully saturated rings. The number of rotatable bonds is 5. The van der Waals surface area contributed by atoms with Gasteiger partial charge in [0, 0.05) is 12.0 Å². The lowest BCUT2D eigenvalue weighted by atomic mass is 10.2. The molecule has 2 rings (SSSR count). The van der Waals surface area contributed by atoms with Gasteiger partial charge in [0.1, 0.15) is 0 Å². The summed E-state index contributed by atoms with van der Waals surface area (Å²) in [6, 6.07) is 5.58. The number of benzene rings is 1. The molecule has 0 bridgehead atoms. The van der Waals surface area contributed by atoms with E-state index in [1.54, 1.807) is 7.11 Å². The Morgan fingerprint density at radius 1 is 1.22 bits per heavy atom. The first-order chi connectivity index (χ1) is 8.78. The van der Waals surface area contributed by atoms with E-state index in [1.165, 1.54) is 0 Å². The number of methoxy groups -OCH3 is 1. The molecule has 0 radical (unpaired) electrons. The molecule has 1 aromatic carbocycles. The SMILES string of the molecule is CCOc1ccc(-c2noc(CC)n2)cc1OC. The van der Waals surface area contributed by atoms with Crippen molar-refractivity contribution in [2.24, 2.45) is 0 Å². The Labute approximate surface area is 106 Å². The van der Waals surface area contributed by atoms with E-state index in [1.807, 2.05) is 32.0 Å². The average Bonchev–Trinajstić information content (AvgIpc) is 2.88. The van der Waals surface area contributed by atoms with Crippen LogP contribution in [0.1, 0.15) is 19.7 Å². The third kappa shape index (κ3) is 2.45. The third-order valence-corrected chi connectivity index (χ3v) is 2.49. The number of hydrogen-bond donors (Lipinski definition) is 0. The van der Waals surface area contributed by atoms with Crippen molar-refractivity contribution in [1.29, 1.82) is 0 Å². The highest BCUT2D eigenvalue weighted by molar-refractivity contribution is 5.60. The van der Waals surface area contributed by atoms with Crippen LogP contribution in [0.15, 0.2) is 22.7 Å². The van der Waals surface area contributed by atoms with Crippen LogP contribution in [0.25, 0.3) is 11.4 Å². The van der Waals surface area contributed by atoms with Crippen molar-refractivity contribution in [2.75, 3.05) is 13.7 Å². The maximum absolute atomic E-state index is 5.46. The molecule has 0 saturated heterocycles. The fourth-order valence-electron chi connectivity index (χ4n) is 1.60. The summed E-state index contributed by atoms with van der Waals surface area (Å²) in [6.07, 6.45) is 0.723. The monoisotopic (exact) mass is 248 g/mol. The molecule has 5 nitrogen and oxygen atoms in total. The topological polar surface area (TPSA) is 57.4 Å². The smallest absolute Gasteiger partial charge is 0.226 e. The van der Waals surface area contributed by atoms with Gasteiger partial charge in [-0.3, -0.25) is 0 Å². The van der Waals surface area contributed by atoms with Crippen molar-refractivity contribution in [2.45, 2.75) is 20.3 Å². The van der Waals surface area contributed by atoms with E-state index in [9.17, 15) is 0 Å². The van der Waals surface area contributed by atoms with Gasteiger partial charge in [0.05, 0.1) is 13.7 Å². The lowest BCUT2D eigenvalue weighted by Gasteiger charge is -2.09. The molecule has 0 saturated carbocycles. The predicted molar refractivity (Wildman–Crippen MR) is 66.8 cm³/mol. The molecule has 0 N–H and O–H groups in total. The van der Waals surface area contributed by atoms with Crippen LogP contribution in [0.4, 0.5) is 0 Å². The zero-order valence-electron chi connectivity index (χ0n) is 10.8. The second-order valence-corrected chi connectivity index (χ2v) is 3.66. The van der Waals surface area contributed by atoms with Gasteiger partial charge in [0.15, 0.2) is 11.5 Å². The van der Waals surface area contributed by atoms with Gasteiger partial charge in [-0.15, -0.1) is 0 Å². The lowest BCUT2D eigenvalue weighted by Crippen LogP contribution is -1.95. The molecule has 18 heavy (non-hydrogen) atoms. The standard InChI is InChI=1S/C13H16N2O3/c1-4-12-14-13(15-18-12)9-6-7-10(17-5-2)11(8-9)16-3/h6-8H,4-5H2,1-3H3. The fraction of sp³-hybridized carbons (Fsp3) is 0.385. The molecule has 0 aliphatic carbocycles. The molecule has 2 aromatic rings. The summed E-state index contributed by atoms with van der Waals surface area (Å²) in [6.45, 7) is 4.49. The van der Waals surface area contributed by atoms with Gasteiger partial charge in [-0.25, -0.2) is 0 Å². The number of aromatic nitrogens is 2. The van der Waals surface area contributed by atoms with Crippen LogP contribution in [0.3, 0.4) is 0 Å². The quantitative estimate of drug-likeness (QED) is 0.814. The Bertz CT molecular complexity index is 523. The Morgan fingerprint density at radius 2 is 2.06 bits per heavy atom. The number of nitrogens with zero attached hydrogens (tertiary/aromatic N) is 2. The molecule has 1 aromatic heterocycles. The summed E-state index contributed by atoms with van der Waals surface area (Å²) < 4.78 is 15.8. The zero-order chi connectivity index (χ0) is 13.0. The third-order valence-electron chi connectivity index (χ3n) is 2.49. The molecular formula is C13H16N2O3. The maximum Gasteiger partial charge on any atom is 0.226 e. The first-order valence-corrected chi connectivity index (χ1v) is 5.92. The van der Waals surface area contributed by atoms with Crippen LogP contribution < -0.4 is 9.47 Å². The Hall–Kier alpha value is -2.04. The molecule has 0 aliphatic heterocycles. The van der Waals surface area contributed by atoms with Crippen LogP contribution in [-0.4, -0.2) is 23.9 Å². The Kier molecular flexibility index (Phi) is 3.82. The lowest BCUT2D eigenvalue weighted by molar-refractivity contribution is 0.311. The van der Waals surface area contributed by atoms with Gasteiger partial charge < -0.3 is 14.0 Å². The van der Waals surface area contributed by atoms with Gasteiger partial charge in [0.2, 0.25) is 11.7 Å². The highest BCUT2D eigenvalue weighted by Crippen LogP contribution is 2.31. The van der Waals surface area contributed by atoms with Crippen molar-refractivity contribution in [3.8, 4) is 22.9 Å². The average molecular weight is 248 g/mol. The minimum atomic E-state index is 0.563. The minimum absolute atomic E-state index is 0.563. The van der Waals surface area contributed by atoms with Crippen LogP contribution in [-0.2, 0) is 6.42 Å². The van der Waals surface area contributed by atoms with E-state index in [4.69, 9.17) is 14.0 Å². The van der Waals surface area contributed by atoms with Gasteiger partial charge in [-0.2, -0.15) is 4.98 Å². The molecule has 0 spiro atoms. The van der Waals surface area contributed by atoms with Crippen LogP contribution in [0, 0.1) is 0 Å². The van der Waals surface area contributed by atoms with E-state index < -0.39 is 0 Å². The van der Waals surface area contributed by atoms with E-state index in [2.05, 4.69) is 10.1 Å². The van der Waals surface area contributed by atoms with E-state index in [-0.39, 0.29) is 0 Å². The highest BCUT2D eigenvalue weighted by atomic mass is 16.5. The summed E-state index contributed by atoms with van der Waals surface area (Å²) in [5, 5.41) is 3.93. The van der Waals surface area contributed by atoms with Gasteiger partial charge in [0.25, 0.3) is 0 Å². The number of aryl methyl sites for hydroxylation is 1. The molecule has 0 atom stereocenters. The summed E-state index contributed by atoms with van der Waals surface area (Å²) in [4.78, 5) is 4.28. The molecule has 0 aliphatic rings. The molecule has 1 heterocycles. The summed E-state index contributed by atoms with van der Waals surface area (Å²) in [5.74, 6) is 2.56. The summed E-state index contributed by atoms with van der Waals surface area (Å²) >= 11 is 0. The molecule has 96 valence electrons. The molecule has 5 heteroatoms. The zero-order valence-corrected chi connectivity index (χ0v) is 10.8. The van der Waals surface area contributed by atoms with Gasteiger partial charge in [-0.05, 0) is 25.1 Å². The first-order valence-electron chi connectivity index (χ1n) is 5.92. The van der Waals surface area contributed by atoms with Crippen molar-refractivity contribution in [1.82, 2.24) is 10.1 Å². The second kappa shape index (κ2) is 5.53. The van der Waals surface area contributed by atoms with E-state index in [0.717, 1.165) is 12.0 Å². The second-order valence-electron chi connectivity index (χ2n) is 3.66. The Balaban J connectivity index is 2.34. The molecule has 0 unspecified atom stereocenters. The van der Waals surface area contributed by atoms with Crippen molar-refractivity contribution in [3.05, 3.63) is 24.1 Å². The van der Waals surface area contributed by atoms with Gasteiger partial charge in [-0.1, -0.05) is 12.1 Å². The Morgan fingerprint density at radius 3 is 2.67 bits per heavy atom. The predicted octanol–water partition coefficient (Wildman–Crippen LogP) is 2.71. The fourth-order valence-corrected chi connectivity index (χ4v) is 1.60. The normalized spacial score (nSPS) is 10.4. The summed E-state index contributed by atoms with van der Waals surface area (Å²) in [5.41, 5.74) is 0.846. The van der Waals surface area contributed by atoms with Crippen molar-refractivity contribution >= 4 is 0 Å². The van der Waals surface area contributed by atoms with Crippen molar-refractivity contribution < 1.29 is 14.0 Å². The highest BCUT2D eigenvalue weighted by Gasteiger charge is 2.11. The van der Waals surface area contributed by atoms with Gasteiger partial charge >= 0.3 is 0 Å². The van der Waals surface area contributed by atoms with E-state index >= 15 is 0 Å². The van der Waals surface area contributed by atoms with Crippen LogP contribution in [0.2, 0.25) is 0 Å². The minimum Gasteiger partial charge on any atom is -0.493 e. The number of ether oxygens (including phenoxy) is 2.